The lowest BCUT2D eigenvalue weighted by Crippen LogP contribution is -2.54. The first-order chi connectivity index (χ1) is 12.8. The Morgan fingerprint density at radius 1 is 0.963 bits per heavy atom. The summed E-state index contributed by atoms with van der Waals surface area (Å²) in [5, 5.41) is 2.62. The Kier molecular flexibility index (Phi) is 5.38. The van der Waals surface area contributed by atoms with Crippen molar-refractivity contribution in [1.29, 1.82) is 0 Å². The number of nitrogens with one attached hydrogen (secondary N) is 1. The molecule has 0 spiro atoms. The minimum atomic E-state index is -4.45. The Balaban J connectivity index is 1.51. The van der Waals surface area contributed by atoms with Gasteiger partial charge in [0.1, 0.15) is 0 Å². The van der Waals surface area contributed by atoms with E-state index in [-0.39, 0.29) is 31.7 Å². The molecule has 1 saturated heterocycles. The van der Waals surface area contributed by atoms with Crippen LogP contribution in [0.1, 0.15) is 28.8 Å². The standard InChI is InChI=1S/C18H20F3N3O3/c19-18(20,21)14-5-3-13(4-6-14)16(26)23-7-9-24(10-8-23)17(27)15(25)22-11-12-1-2-12/h3-6,12H,1-2,7-11H2,(H,22,25). The zero-order chi connectivity index (χ0) is 19.6. The number of halogens is 3. The van der Waals surface area contributed by atoms with Gasteiger partial charge in [-0.25, -0.2) is 0 Å². The summed E-state index contributed by atoms with van der Waals surface area (Å²) < 4.78 is 37.8. The average Bonchev–Trinajstić information content (AvgIpc) is 3.49. The van der Waals surface area contributed by atoms with Gasteiger partial charge in [0.25, 0.3) is 5.91 Å². The Morgan fingerprint density at radius 2 is 1.52 bits per heavy atom. The van der Waals surface area contributed by atoms with Crippen molar-refractivity contribution >= 4 is 17.7 Å². The lowest BCUT2D eigenvalue weighted by molar-refractivity contribution is -0.146. The van der Waals surface area contributed by atoms with Gasteiger partial charge in [0.15, 0.2) is 0 Å². The quantitative estimate of drug-likeness (QED) is 0.805. The van der Waals surface area contributed by atoms with Crippen LogP contribution in [-0.4, -0.2) is 60.2 Å². The molecule has 3 rings (SSSR count). The molecule has 0 bridgehead atoms. The normalized spacial score (nSPS) is 17.6. The summed E-state index contributed by atoms with van der Waals surface area (Å²) in [4.78, 5) is 39.2. The van der Waals surface area contributed by atoms with Crippen LogP contribution < -0.4 is 5.32 Å². The summed E-state index contributed by atoms with van der Waals surface area (Å²) in [6.45, 7) is 1.38. The number of rotatable bonds is 3. The fourth-order valence-corrected chi connectivity index (χ4v) is 2.88. The smallest absolute Gasteiger partial charge is 0.348 e. The van der Waals surface area contributed by atoms with Gasteiger partial charge in [0, 0.05) is 38.3 Å². The van der Waals surface area contributed by atoms with Crippen LogP contribution in [0.5, 0.6) is 0 Å². The van der Waals surface area contributed by atoms with Gasteiger partial charge in [0.05, 0.1) is 5.56 Å². The molecule has 146 valence electrons. The molecule has 0 aromatic heterocycles. The molecular formula is C18H20F3N3O3. The Hall–Kier alpha value is -2.58. The number of alkyl halides is 3. The van der Waals surface area contributed by atoms with Gasteiger partial charge in [-0.3, -0.25) is 14.4 Å². The molecule has 1 N–H and O–H groups in total. The number of amides is 3. The average molecular weight is 383 g/mol. The first-order valence-electron chi connectivity index (χ1n) is 8.79. The summed E-state index contributed by atoms with van der Waals surface area (Å²) in [5.74, 6) is -1.17. The number of hydrogen-bond donors (Lipinski definition) is 1. The minimum Gasteiger partial charge on any atom is -0.348 e. The van der Waals surface area contributed by atoms with Crippen LogP contribution in [0.4, 0.5) is 13.2 Å². The molecule has 9 heteroatoms. The second kappa shape index (κ2) is 7.58. The second-order valence-electron chi connectivity index (χ2n) is 6.81. The molecular weight excluding hydrogens is 363 g/mol. The maximum absolute atomic E-state index is 12.6. The minimum absolute atomic E-state index is 0.157. The van der Waals surface area contributed by atoms with E-state index in [4.69, 9.17) is 0 Å². The van der Waals surface area contributed by atoms with Crippen molar-refractivity contribution in [3.63, 3.8) is 0 Å². The van der Waals surface area contributed by atoms with Gasteiger partial charge in [-0.15, -0.1) is 0 Å². The van der Waals surface area contributed by atoms with Crippen molar-refractivity contribution < 1.29 is 27.6 Å². The molecule has 1 heterocycles. The fourth-order valence-electron chi connectivity index (χ4n) is 2.88. The summed E-state index contributed by atoms with van der Waals surface area (Å²) in [6.07, 6.45) is -2.31. The van der Waals surface area contributed by atoms with Crippen LogP contribution in [0, 0.1) is 5.92 Å². The van der Waals surface area contributed by atoms with E-state index in [1.807, 2.05) is 0 Å². The molecule has 1 aromatic rings. The molecule has 2 fully saturated rings. The number of benzene rings is 1. The fraction of sp³-hybridized carbons (Fsp3) is 0.500. The van der Waals surface area contributed by atoms with Gasteiger partial charge in [0.2, 0.25) is 0 Å². The number of carbonyl (C=O) groups excluding carboxylic acids is 3. The highest BCUT2D eigenvalue weighted by molar-refractivity contribution is 6.35. The van der Waals surface area contributed by atoms with Gasteiger partial charge in [-0.05, 0) is 43.0 Å². The van der Waals surface area contributed by atoms with Crippen LogP contribution >= 0.6 is 0 Å². The summed E-state index contributed by atoms with van der Waals surface area (Å²) in [5.41, 5.74) is -0.656. The second-order valence-corrected chi connectivity index (χ2v) is 6.81. The van der Waals surface area contributed by atoms with E-state index in [1.54, 1.807) is 0 Å². The third kappa shape index (κ3) is 4.78. The third-order valence-corrected chi connectivity index (χ3v) is 4.76. The third-order valence-electron chi connectivity index (χ3n) is 4.76. The van der Waals surface area contributed by atoms with Gasteiger partial charge >= 0.3 is 18.0 Å². The van der Waals surface area contributed by atoms with Crippen molar-refractivity contribution in [3.8, 4) is 0 Å². The molecule has 3 amide bonds. The molecule has 0 radical (unpaired) electrons. The van der Waals surface area contributed by atoms with Crippen molar-refractivity contribution in [2.45, 2.75) is 19.0 Å². The Bertz CT molecular complexity index is 722. The van der Waals surface area contributed by atoms with Crippen LogP contribution in [0.15, 0.2) is 24.3 Å². The summed E-state index contributed by atoms with van der Waals surface area (Å²) in [6, 6.07) is 4.04. The molecule has 1 saturated carbocycles. The largest absolute Gasteiger partial charge is 0.416 e. The highest BCUT2D eigenvalue weighted by Gasteiger charge is 2.32. The van der Waals surface area contributed by atoms with Crippen molar-refractivity contribution in [2.75, 3.05) is 32.7 Å². The first-order valence-corrected chi connectivity index (χ1v) is 8.79. The number of nitrogens with zero attached hydrogens (tertiary/aromatic N) is 2. The molecule has 1 aliphatic heterocycles. The van der Waals surface area contributed by atoms with Crippen molar-refractivity contribution in [3.05, 3.63) is 35.4 Å². The number of hydrogen-bond acceptors (Lipinski definition) is 3. The monoisotopic (exact) mass is 383 g/mol. The van der Waals surface area contributed by atoms with E-state index in [0.29, 0.717) is 12.5 Å². The maximum atomic E-state index is 12.6. The predicted octanol–water partition coefficient (Wildman–Crippen LogP) is 1.52. The van der Waals surface area contributed by atoms with E-state index in [0.717, 1.165) is 37.1 Å². The molecule has 1 aliphatic carbocycles. The SMILES string of the molecule is O=C(NCC1CC1)C(=O)N1CCN(C(=O)c2ccc(C(F)(F)F)cc2)CC1. The van der Waals surface area contributed by atoms with E-state index in [2.05, 4.69) is 5.32 Å². The molecule has 2 aliphatic rings. The number of piperazine rings is 1. The van der Waals surface area contributed by atoms with E-state index >= 15 is 0 Å². The number of carbonyl (C=O) groups is 3. The summed E-state index contributed by atoms with van der Waals surface area (Å²) >= 11 is 0. The lowest BCUT2D eigenvalue weighted by Gasteiger charge is -2.34. The highest BCUT2D eigenvalue weighted by atomic mass is 19.4. The van der Waals surface area contributed by atoms with Crippen molar-refractivity contribution in [1.82, 2.24) is 15.1 Å². The van der Waals surface area contributed by atoms with Gasteiger partial charge in [-0.2, -0.15) is 13.2 Å². The lowest BCUT2D eigenvalue weighted by atomic mass is 10.1. The Morgan fingerprint density at radius 3 is 2.04 bits per heavy atom. The molecule has 1 aromatic carbocycles. The van der Waals surface area contributed by atoms with Crippen LogP contribution in [0.2, 0.25) is 0 Å². The van der Waals surface area contributed by atoms with E-state index in [1.165, 1.54) is 9.80 Å². The van der Waals surface area contributed by atoms with Crippen LogP contribution in [-0.2, 0) is 15.8 Å². The van der Waals surface area contributed by atoms with Crippen LogP contribution in [0.3, 0.4) is 0 Å². The van der Waals surface area contributed by atoms with Crippen LogP contribution in [0.25, 0.3) is 0 Å². The predicted molar refractivity (Wildman–Crippen MR) is 89.7 cm³/mol. The molecule has 0 unspecified atom stereocenters. The zero-order valence-corrected chi connectivity index (χ0v) is 14.6. The molecule has 6 nitrogen and oxygen atoms in total. The topological polar surface area (TPSA) is 69.7 Å². The maximum Gasteiger partial charge on any atom is 0.416 e. The molecule has 27 heavy (non-hydrogen) atoms. The Labute approximate surface area is 154 Å². The highest BCUT2D eigenvalue weighted by Crippen LogP contribution is 2.29. The van der Waals surface area contributed by atoms with E-state index in [9.17, 15) is 27.6 Å². The molecule has 0 atom stereocenters. The zero-order valence-electron chi connectivity index (χ0n) is 14.6. The van der Waals surface area contributed by atoms with Gasteiger partial charge < -0.3 is 15.1 Å². The summed E-state index contributed by atoms with van der Waals surface area (Å²) in [7, 11) is 0. The first kappa shape index (κ1) is 19.2. The van der Waals surface area contributed by atoms with E-state index < -0.39 is 29.5 Å². The van der Waals surface area contributed by atoms with Crippen molar-refractivity contribution in [2.24, 2.45) is 5.92 Å². The van der Waals surface area contributed by atoms with Gasteiger partial charge in [-0.1, -0.05) is 0 Å².